The number of anilines is 1. The number of carboxylic acids is 1. The Morgan fingerprint density at radius 3 is 1.91 bits per heavy atom. The van der Waals surface area contributed by atoms with Gasteiger partial charge < -0.3 is 5.11 Å². The van der Waals surface area contributed by atoms with Gasteiger partial charge in [0.1, 0.15) is 0 Å². The molecular weight excluding hydrogens is 444 g/mol. The van der Waals surface area contributed by atoms with E-state index in [-0.39, 0.29) is 18.2 Å². The molecule has 0 aliphatic carbocycles. The number of hydrogen-bond acceptors (Lipinski definition) is 5. The van der Waals surface area contributed by atoms with Crippen LogP contribution < -0.4 is 4.31 Å². The van der Waals surface area contributed by atoms with Crippen molar-refractivity contribution in [3.05, 3.63) is 106 Å². The molecule has 1 N–H and O–H groups in total. The predicted molar refractivity (Wildman–Crippen MR) is 126 cm³/mol. The lowest BCUT2D eigenvalue weighted by Gasteiger charge is -2.26. The minimum absolute atomic E-state index is 0.0850. The number of hydrogen-bond donors (Lipinski definition) is 2. The predicted octanol–water partition coefficient (Wildman–Crippen LogP) is 4.36. The number of thiol groups is 1. The number of aliphatic carboxylic acids is 1. The highest BCUT2D eigenvalue weighted by atomic mass is 32.2. The van der Waals surface area contributed by atoms with Gasteiger partial charge in [-0.1, -0.05) is 60.7 Å². The van der Waals surface area contributed by atoms with Crippen LogP contribution in [-0.4, -0.2) is 31.0 Å². The van der Waals surface area contributed by atoms with Gasteiger partial charge in [0, 0.05) is 24.6 Å². The number of non-ortho nitro benzene ring substituents is 1. The summed E-state index contributed by atoms with van der Waals surface area (Å²) in [5.41, 5.74) is 1.76. The normalized spacial score (nSPS) is 12.8. The summed E-state index contributed by atoms with van der Waals surface area (Å²) in [7, 11) is -3.02. The average Bonchev–Trinajstić information content (AvgIpc) is 2.82. The molecular formula is C24H24N2O6S. The standard InChI is InChI=1S/C24H24N2O6S/c27-24(28)23(19-9-5-2-6-10-19)16-11-20(18-7-3-1-4-8-18)17-25(33(31)32)21-12-14-22(15-13-21)26(29)30/h1-10,12-15,20,23,33H,11,16-17H2,(H,27,28). The summed E-state index contributed by atoms with van der Waals surface area (Å²) in [4.78, 5) is 22.3. The second-order valence-electron chi connectivity index (χ2n) is 7.58. The molecule has 33 heavy (non-hydrogen) atoms. The monoisotopic (exact) mass is 468 g/mol. The fourth-order valence-corrected chi connectivity index (χ4v) is 4.45. The van der Waals surface area contributed by atoms with Gasteiger partial charge in [-0.3, -0.25) is 19.2 Å². The summed E-state index contributed by atoms with van der Waals surface area (Å²) in [5, 5.41) is 20.7. The molecule has 2 atom stereocenters. The maximum Gasteiger partial charge on any atom is 0.310 e. The van der Waals surface area contributed by atoms with Crippen LogP contribution in [0.5, 0.6) is 0 Å². The van der Waals surface area contributed by atoms with Crippen LogP contribution in [0, 0.1) is 10.1 Å². The zero-order chi connectivity index (χ0) is 23.8. The van der Waals surface area contributed by atoms with Crippen molar-refractivity contribution >= 4 is 28.2 Å². The van der Waals surface area contributed by atoms with Crippen molar-refractivity contribution < 1.29 is 23.2 Å². The highest BCUT2D eigenvalue weighted by Crippen LogP contribution is 2.31. The number of carbonyl (C=O) groups is 1. The Kier molecular flexibility index (Phi) is 8.15. The number of nitrogens with zero attached hydrogens (tertiary/aromatic N) is 2. The highest BCUT2D eigenvalue weighted by molar-refractivity contribution is 7.74. The quantitative estimate of drug-likeness (QED) is 0.245. The minimum atomic E-state index is -3.02. The highest BCUT2D eigenvalue weighted by Gasteiger charge is 2.24. The summed E-state index contributed by atoms with van der Waals surface area (Å²) in [6.45, 7) is 0.0850. The first-order valence-corrected chi connectivity index (χ1v) is 11.5. The first kappa shape index (κ1) is 23.9. The lowest BCUT2D eigenvalue weighted by Crippen LogP contribution is -2.28. The van der Waals surface area contributed by atoms with Crippen LogP contribution in [0.1, 0.15) is 35.8 Å². The molecule has 8 nitrogen and oxygen atoms in total. The topological polar surface area (TPSA) is 118 Å². The summed E-state index contributed by atoms with van der Waals surface area (Å²) in [5.74, 6) is -1.93. The summed E-state index contributed by atoms with van der Waals surface area (Å²) < 4.78 is 25.4. The zero-order valence-corrected chi connectivity index (χ0v) is 18.6. The van der Waals surface area contributed by atoms with Crippen molar-refractivity contribution in [2.45, 2.75) is 24.7 Å². The molecule has 0 amide bonds. The molecule has 0 aliphatic rings. The summed E-state index contributed by atoms with van der Waals surface area (Å²) in [6, 6.07) is 23.6. The SMILES string of the molecule is O=C(O)C(CCC(CN(c1ccc([N+](=O)[O-])cc1)[SH](=O)=O)c1ccccc1)c1ccccc1. The smallest absolute Gasteiger partial charge is 0.310 e. The van der Waals surface area contributed by atoms with E-state index < -0.39 is 27.7 Å². The number of carboxylic acid groups (broad SMARTS) is 1. The van der Waals surface area contributed by atoms with Gasteiger partial charge in [0.15, 0.2) is 0 Å². The van der Waals surface area contributed by atoms with E-state index in [1.807, 2.05) is 36.4 Å². The van der Waals surface area contributed by atoms with E-state index in [2.05, 4.69) is 0 Å². The Morgan fingerprint density at radius 2 is 1.42 bits per heavy atom. The third kappa shape index (κ3) is 6.39. The molecule has 0 saturated heterocycles. The maximum absolute atomic E-state index is 12.1. The van der Waals surface area contributed by atoms with E-state index >= 15 is 0 Å². The minimum Gasteiger partial charge on any atom is -0.481 e. The first-order chi connectivity index (χ1) is 15.9. The molecule has 0 saturated carbocycles. The Hall–Kier alpha value is -3.72. The molecule has 3 aromatic rings. The lowest BCUT2D eigenvalue weighted by atomic mass is 9.87. The van der Waals surface area contributed by atoms with Gasteiger partial charge in [-0.05, 0) is 36.1 Å². The molecule has 0 spiro atoms. The van der Waals surface area contributed by atoms with Crippen molar-refractivity contribution in [2.24, 2.45) is 0 Å². The molecule has 172 valence electrons. The van der Waals surface area contributed by atoms with Crippen LogP contribution >= 0.6 is 0 Å². The molecule has 0 radical (unpaired) electrons. The van der Waals surface area contributed by atoms with E-state index in [9.17, 15) is 28.4 Å². The van der Waals surface area contributed by atoms with E-state index in [1.54, 1.807) is 24.3 Å². The first-order valence-electron chi connectivity index (χ1n) is 10.4. The van der Waals surface area contributed by atoms with Crippen LogP contribution in [-0.2, 0) is 15.7 Å². The maximum atomic E-state index is 12.1. The Labute approximate surface area is 193 Å². The second-order valence-corrected chi connectivity index (χ2v) is 8.54. The fraction of sp³-hybridized carbons (Fsp3) is 0.208. The number of rotatable bonds is 11. The van der Waals surface area contributed by atoms with Gasteiger partial charge in [-0.25, -0.2) is 8.42 Å². The van der Waals surface area contributed by atoms with E-state index in [1.165, 1.54) is 28.6 Å². The molecule has 9 heteroatoms. The molecule has 0 aliphatic heterocycles. The molecule has 0 fully saturated rings. The zero-order valence-electron chi connectivity index (χ0n) is 17.7. The Bertz CT molecular complexity index is 1140. The molecule has 2 unspecified atom stereocenters. The van der Waals surface area contributed by atoms with Crippen molar-refractivity contribution in [1.29, 1.82) is 0 Å². The van der Waals surface area contributed by atoms with Crippen LogP contribution in [0.2, 0.25) is 0 Å². The number of nitro groups is 1. The van der Waals surface area contributed by atoms with Gasteiger partial charge in [-0.2, -0.15) is 0 Å². The molecule has 0 bridgehead atoms. The lowest BCUT2D eigenvalue weighted by molar-refractivity contribution is -0.384. The summed E-state index contributed by atoms with van der Waals surface area (Å²) in [6.07, 6.45) is 0.755. The number of nitro benzene ring substituents is 1. The number of benzene rings is 3. The molecule has 3 aromatic carbocycles. The van der Waals surface area contributed by atoms with Gasteiger partial charge in [0.05, 0.1) is 16.5 Å². The van der Waals surface area contributed by atoms with Gasteiger partial charge in [0.25, 0.3) is 5.69 Å². The Balaban J connectivity index is 1.86. The van der Waals surface area contributed by atoms with Crippen LogP contribution in [0.25, 0.3) is 0 Å². The van der Waals surface area contributed by atoms with Crippen LogP contribution in [0.4, 0.5) is 11.4 Å². The van der Waals surface area contributed by atoms with Crippen molar-refractivity contribution in [3.63, 3.8) is 0 Å². The molecule has 0 aromatic heterocycles. The van der Waals surface area contributed by atoms with Crippen LogP contribution in [0.3, 0.4) is 0 Å². The van der Waals surface area contributed by atoms with Gasteiger partial charge >= 0.3 is 5.97 Å². The van der Waals surface area contributed by atoms with Crippen molar-refractivity contribution in [1.82, 2.24) is 0 Å². The summed E-state index contributed by atoms with van der Waals surface area (Å²) >= 11 is 0. The second kappa shape index (κ2) is 11.2. The third-order valence-corrected chi connectivity index (χ3v) is 6.31. The average molecular weight is 469 g/mol. The fourth-order valence-electron chi connectivity index (χ4n) is 3.80. The van der Waals surface area contributed by atoms with E-state index in [0.29, 0.717) is 24.1 Å². The van der Waals surface area contributed by atoms with Gasteiger partial charge in [-0.15, -0.1) is 0 Å². The van der Waals surface area contributed by atoms with Gasteiger partial charge in [0.2, 0.25) is 10.9 Å². The largest absolute Gasteiger partial charge is 0.481 e. The van der Waals surface area contributed by atoms with Crippen molar-refractivity contribution in [3.8, 4) is 0 Å². The Morgan fingerprint density at radius 1 is 0.879 bits per heavy atom. The van der Waals surface area contributed by atoms with E-state index in [4.69, 9.17) is 0 Å². The van der Waals surface area contributed by atoms with Crippen LogP contribution in [0.15, 0.2) is 84.9 Å². The molecule has 0 heterocycles. The van der Waals surface area contributed by atoms with E-state index in [0.717, 1.165) is 5.56 Å². The van der Waals surface area contributed by atoms with Crippen molar-refractivity contribution in [2.75, 3.05) is 10.8 Å². The third-order valence-electron chi connectivity index (χ3n) is 5.52. The molecule has 3 rings (SSSR count).